The Morgan fingerprint density at radius 3 is 2.34 bits per heavy atom. The lowest BCUT2D eigenvalue weighted by Gasteiger charge is -2.17. The number of benzene rings is 2. The Bertz CT molecular complexity index is 802. The summed E-state index contributed by atoms with van der Waals surface area (Å²) in [5.74, 6) is 0.584. The zero-order valence-electron chi connectivity index (χ0n) is 17.2. The fourth-order valence-corrected chi connectivity index (χ4v) is 2.47. The number of nitrogens with one attached hydrogen (secondary N) is 2. The number of rotatable bonds is 9. The number of hydrogen-bond acceptors (Lipinski definition) is 4. The van der Waals surface area contributed by atoms with Gasteiger partial charge in [0.05, 0.1) is 12.1 Å². The Hall–Kier alpha value is -2.57. The summed E-state index contributed by atoms with van der Waals surface area (Å²) in [6.07, 6.45) is 1.02. The molecule has 0 aliphatic heterocycles. The van der Waals surface area contributed by atoms with Gasteiger partial charge in [0.1, 0.15) is 5.75 Å². The molecule has 0 radical (unpaired) electrons. The monoisotopic (exact) mass is 419 g/mol. The highest BCUT2D eigenvalue weighted by Gasteiger charge is 2.20. The summed E-state index contributed by atoms with van der Waals surface area (Å²) < 4.78 is 5.70. The van der Waals surface area contributed by atoms with Crippen molar-refractivity contribution in [2.75, 3.05) is 11.9 Å². The topological polar surface area (TPSA) is 93.5 Å². The van der Waals surface area contributed by atoms with Crippen molar-refractivity contribution in [3.63, 3.8) is 0 Å². The molecule has 0 aliphatic rings. The minimum atomic E-state index is -0.906. The van der Waals surface area contributed by atoms with Crippen LogP contribution in [-0.4, -0.2) is 24.0 Å². The molecular weight excluding hydrogens is 390 g/mol. The number of carbonyl (C=O) groups is 2. The highest BCUT2D eigenvalue weighted by atomic mass is 35.5. The van der Waals surface area contributed by atoms with Crippen molar-refractivity contribution in [1.82, 2.24) is 5.32 Å². The Morgan fingerprint density at radius 2 is 1.72 bits per heavy atom. The maximum atomic E-state index is 12.1. The van der Waals surface area contributed by atoms with Crippen LogP contribution >= 0.6 is 12.4 Å². The van der Waals surface area contributed by atoms with E-state index in [4.69, 9.17) is 10.5 Å². The second-order valence-corrected chi connectivity index (χ2v) is 7.37. The average Bonchev–Trinajstić information content (AvgIpc) is 2.65. The summed E-state index contributed by atoms with van der Waals surface area (Å²) in [7, 11) is 0. The Balaban J connectivity index is 0.00000420. The van der Waals surface area contributed by atoms with Crippen LogP contribution in [0.4, 0.5) is 5.69 Å². The third-order valence-corrected chi connectivity index (χ3v) is 4.18. The minimum absolute atomic E-state index is 0. The summed E-state index contributed by atoms with van der Waals surface area (Å²) in [6, 6.07) is 15.2. The number of halogens is 1. The molecule has 0 aliphatic carbocycles. The predicted molar refractivity (Wildman–Crippen MR) is 118 cm³/mol. The normalized spacial score (nSPS) is 10.6. The molecule has 0 heterocycles. The largest absolute Gasteiger partial charge is 0.493 e. The average molecular weight is 420 g/mol. The molecule has 0 spiro atoms. The van der Waals surface area contributed by atoms with Crippen LogP contribution in [0, 0.1) is 6.92 Å². The number of amides is 2. The number of hydrogen-bond donors (Lipinski definition) is 3. The maximum absolute atomic E-state index is 12.1. The van der Waals surface area contributed by atoms with Crippen LogP contribution in [-0.2, 0) is 16.1 Å². The van der Waals surface area contributed by atoms with E-state index in [0.29, 0.717) is 26.0 Å². The highest BCUT2D eigenvalue weighted by Crippen LogP contribution is 2.16. The first kappa shape index (κ1) is 24.5. The molecular formula is C22H30ClN3O3. The van der Waals surface area contributed by atoms with Crippen LogP contribution in [0.3, 0.4) is 0 Å². The van der Waals surface area contributed by atoms with E-state index in [1.165, 1.54) is 0 Å². The second-order valence-electron chi connectivity index (χ2n) is 7.37. The van der Waals surface area contributed by atoms with Gasteiger partial charge < -0.3 is 21.1 Å². The molecule has 4 N–H and O–H groups in total. The summed E-state index contributed by atoms with van der Waals surface area (Å²) in [5, 5.41) is 5.65. The SMILES string of the molecule is Cc1ccccc1OCCCC(=O)Nc1ccc(CNC(=O)C(C)(C)N)cc1.Cl. The van der Waals surface area contributed by atoms with Gasteiger partial charge in [-0.3, -0.25) is 9.59 Å². The Labute approximate surface area is 178 Å². The van der Waals surface area contributed by atoms with Gasteiger partial charge >= 0.3 is 0 Å². The van der Waals surface area contributed by atoms with Crippen LogP contribution in [0.15, 0.2) is 48.5 Å². The first-order valence-corrected chi connectivity index (χ1v) is 9.40. The van der Waals surface area contributed by atoms with Crippen LogP contribution in [0.5, 0.6) is 5.75 Å². The molecule has 0 unspecified atom stereocenters. The van der Waals surface area contributed by atoms with Crippen molar-refractivity contribution < 1.29 is 14.3 Å². The standard InChI is InChI=1S/C22H29N3O3.ClH/c1-16-7-4-5-8-19(16)28-14-6-9-20(26)25-18-12-10-17(11-13-18)15-24-21(27)22(2,3)23;/h4-5,7-8,10-13H,6,9,14-15,23H2,1-3H3,(H,24,27)(H,25,26);1H. The van der Waals surface area contributed by atoms with Crippen molar-refractivity contribution >= 4 is 29.9 Å². The minimum Gasteiger partial charge on any atom is -0.493 e. The first-order chi connectivity index (χ1) is 13.3. The number of para-hydroxylation sites is 1. The lowest BCUT2D eigenvalue weighted by Crippen LogP contribution is -2.48. The van der Waals surface area contributed by atoms with Gasteiger partial charge in [-0.15, -0.1) is 12.4 Å². The molecule has 2 rings (SSSR count). The van der Waals surface area contributed by atoms with Gasteiger partial charge in [0, 0.05) is 18.7 Å². The molecule has 0 fully saturated rings. The molecule has 2 aromatic carbocycles. The van der Waals surface area contributed by atoms with Crippen LogP contribution < -0.4 is 21.1 Å². The fourth-order valence-electron chi connectivity index (χ4n) is 2.47. The number of anilines is 1. The zero-order chi connectivity index (χ0) is 20.6. The summed E-state index contributed by atoms with van der Waals surface area (Å²) in [4.78, 5) is 23.8. The molecule has 0 atom stereocenters. The third kappa shape index (κ3) is 8.54. The zero-order valence-corrected chi connectivity index (χ0v) is 18.0. The van der Waals surface area contributed by atoms with Crippen molar-refractivity contribution in [2.24, 2.45) is 5.73 Å². The fraction of sp³-hybridized carbons (Fsp3) is 0.364. The molecule has 0 saturated heterocycles. The molecule has 7 heteroatoms. The lowest BCUT2D eigenvalue weighted by molar-refractivity contribution is -0.125. The van der Waals surface area contributed by atoms with E-state index < -0.39 is 5.54 Å². The number of ether oxygens (including phenoxy) is 1. The second kappa shape index (κ2) is 11.4. The molecule has 0 bridgehead atoms. The van der Waals surface area contributed by atoms with Crippen molar-refractivity contribution in [1.29, 1.82) is 0 Å². The molecule has 2 amide bonds. The van der Waals surface area contributed by atoms with E-state index in [1.807, 2.05) is 55.5 Å². The molecule has 0 aromatic heterocycles. The summed E-state index contributed by atoms with van der Waals surface area (Å²) >= 11 is 0. The molecule has 158 valence electrons. The van der Waals surface area contributed by atoms with Crippen LogP contribution in [0.2, 0.25) is 0 Å². The smallest absolute Gasteiger partial charge is 0.239 e. The van der Waals surface area contributed by atoms with Gasteiger partial charge in [-0.25, -0.2) is 0 Å². The summed E-state index contributed by atoms with van der Waals surface area (Å²) in [6.45, 7) is 6.20. The lowest BCUT2D eigenvalue weighted by atomic mass is 10.1. The van der Waals surface area contributed by atoms with E-state index in [-0.39, 0.29) is 24.2 Å². The Kier molecular flexibility index (Phi) is 9.65. The van der Waals surface area contributed by atoms with Crippen LogP contribution in [0.1, 0.15) is 37.8 Å². The van der Waals surface area contributed by atoms with Crippen molar-refractivity contribution in [2.45, 2.75) is 45.7 Å². The highest BCUT2D eigenvalue weighted by molar-refractivity contribution is 5.90. The van der Waals surface area contributed by atoms with Crippen LogP contribution in [0.25, 0.3) is 0 Å². The van der Waals surface area contributed by atoms with Gasteiger partial charge in [0.2, 0.25) is 11.8 Å². The van der Waals surface area contributed by atoms with E-state index >= 15 is 0 Å². The Morgan fingerprint density at radius 1 is 1.07 bits per heavy atom. The summed E-state index contributed by atoms with van der Waals surface area (Å²) in [5.41, 5.74) is 7.57. The number of carbonyl (C=O) groups excluding carboxylic acids is 2. The van der Waals surface area contributed by atoms with E-state index in [2.05, 4.69) is 10.6 Å². The van der Waals surface area contributed by atoms with Gasteiger partial charge in [0.15, 0.2) is 0 Å². The van der Waals surface area contributed by atoms with Gasteiger partial charge in [-0.2, -0.15) is 0 Å². The third-order valence-electron chi connectivity index (χ3n) is 4.18. The first-order valence-electron chi connectivity index (χ1n) is 9.40. The van der Waals surface area contributed by atoms with E-state index in [0.717, 1.165) is 22.6 Å². The van der Waals surface area contributed by atoms with E-state index in [1.54, 1.807) is 13.8 Å². The molecule has 29 heavy (non-hydrogen) atoms. The predicted octanol–water partition coefficient (Wildman–Crippen LogP) is 3.57. The quantitative estimate of drug-likeness (QED) is 0.541. The number of nitrogens with two attached hydrogens (primary N) is 1. The van der Waals surface area contributed by atoms with Gasteiger partial charge in [-0.1, -0.05) is 30.3 Å². The van der Waals surface area contributed by atoms with Gasteiger partial charge in [0.25, 0.3) is 0 Å². The maximum Gasteiger partial charge on any atom is 0.239 e. The number of aryl methyl sites for hydroxylation is 1. The van der Waals surface area contributed by atoms with E-state index in [9.17, 15) is 9.59 Å². The van der Waals surface area contributed by atoms with Crippen molar-refractivity contribution in [3.8, 4) is 5.75 Å². The van der Waals surface area contributed by atoms with Crippen molar-refractivity contribution in [3.05, 3.63) is 59.7 Å². The molecule has 6 nitrogen and oxygen atoms in total. The van der Waals surface area contributed by atoms with Gasteiger partial charge in [-0.05, 0) is 56.5 Å². The molecule has 0 saturated carbocycles. The molecule has 2 aromatic rings.